The molecule has 32 heavy (non-hydrogen) atoms. The van der Waals surface area contributed by atoms with Gasteiger partial charge < -0.3 is 20.6 Å². The molecular formula is C22H27BrClN3O4S. The minimum atomic E-state index is -0.833. The van der Waals surface area contributed by atoms with Crippen LogP contribution in [-0.4, -0.2) is 68.3 Å². The number of aliphatic hydroxyl groups excluding tert-OH is 1. The van der Waals surface area contributed by atoms with Gasteiger partial charge in [0.05, 0.1) is 39.9 Å². The summed E-state index contributed by atoms with van der Waals surface area (Å²) in [7, 11) is 1.57. The maximum absolute atomic E-state index is 13.8. The lowest BCUT2D eigenvalue weighted by Gasteiger charge is -2.38. The predicted molar refractivity (Wildman–Crippen MR) is 129 cm³/mol. The molecule has 0 radical (unpaired) electrons. The quantitative estimate of drug-likeness (QED) is 0.478. The first kappa shape index (κ1) is 23.9. The van der Waals surface area contributed by atoms with E-state index in [0.717, 1.165) is 0 Å². The summed E-state index contributed by atoms with van der Waals surface area (Å²) in [6, 6.07) is 5.58. The number of para-hydroxylation sites is 1. The van der Waals surface area contributed by atoms with Crippen LogP contribution in [0.3, 0.4) is 0 Å². The fourth-order valence-electron chi connectivity index (χ4n) is 5.57. The number of halogens is 2. The van der Waals surface area contributed by atoms with E-state index in [-0.39, 0.29) is 40.3 Å². The summed E-state index contributed by atoms with van der Waals surface area (Å²) >= 11 is 11.5. The Balaban J connectivity index is 1.80. The third kappa shape index (κ3) is 3.47. The minimum absolute atomic E-state index is 0.000963. The first-order valence-electron chi connectivity index (χ1n) is 10.7. The lowest BCUT2D eigenvalue weighted by molar-refractivity contribution is -0.142. The Hall–Kier alpha value is -1.29. The summed E-state index contributed by atoms with van der Waals surface area (Å²) in [5, 5.41) is 16.1. The van der Waals surface area contributed by atoms with E-state index in [1.165, 1.54) is 0 Å². The second kappa shape index (κ2) is 8.81. The van der Waals surface area contributed by atoms with Gasteiger partial charge in [0.2, 0.25) is 17.7 Å². The van der Waals surface area contributed by atoms with Crippen molar-refractivity contribution in [3.05, 3.63) is 29.3 Å². The van der Waals surface area contributed by atoms with Crippen LogP contribution in [0.5, 0.6) is 0 Å². The number of nitrogens with zero attached hydrogens (tertiary/aromatic N) is 1. The van der Waals surface area contributed by atoms with Crippen LogP contribution in [0.1, 0.15) is 20.3 Å². The number of nitrogens with one attached hydrogen (secondary N) is 2. The molecule has 1 aromatic carbocycles. The summed E-state index contributed by atoms with van der Waals surface area (Å²) in [6.45, 7) is 3.56. The summed E-state index contributed by atoms with van der Waals surface area (Å²) in [6.07, 6.45) is 0.583. The Morgan fingerprint density at radius 2 is 2.03 bits per heavy atom. The summed E-state index contributed by atoms with van der Waals surface area (Å²) < 4.78 is -0.763. The van der Waals surface area contributed by atoms with Gasteiger partial charge in [-0.15, -0.1) is 11.8 Å². The fourth-order valence-corrected chi connectivity index (χ4v) is 9.36. The number of benzene rings is 1. The van der Waals surface area contributed by atoms with Gasteiger partial charge in [-0.05, 0) is 24.5 Å². The standard InChI is InChI=1S/C22H27BrClN3O4S/c1-10(2)14(9-28)27-18(20(30)26-13-7-5-4-6-12(13)24)22-8-11(23)17(32-22)15(19(29)25-3)16(22)21(27)31/h4-7,10-11,14-18,28H,8-9H2,1-3H3,(H,25,29)(H,26,30)/t11?,14-,15-,16-,17-,18?,22?/m0/s1. The zero-order valence-corrected chi connectivity index (χ0v) is 21.2. The van der Waals surface area contributed by atoms with Gasteiger partial charge in [-0.1, -0.05) is 53.5 Å². The Morgan fingerprint density at radius 1 is 1.34 bits per heavy atom. The van der Waals surface area contributed by atoms with Gasteiger partial charge in [-0.3, -0.25) is 14.4 Å². The second-order valence-electron chi connectivity index (χ2n) is 8.99. The molecule has 3 N–H and O–H groups in total. The van der Waals surface area contributed by atoms with Crippen LogP contribution in [-0.2, 0) is 14.4 Å². The Kier molecular flexibility index (Phi) is 6.57. The van der Waals surface area contributed by atoms with Crippen molar-refractivity contribution in [2.75, 3.05) is 19.0 Å². The summed E-state index contributed by atoms with van der Waals surface area (Å²) in [4.78, 5) is 42.0. The molecule has 1 aromatic rings. The number of fused-ring (bicyclic) bond motifs is 1. The highest BCUT2D eigenvalue weighted by molar-refractivity contribution is 9.09. The second-order valence-corrected chi connectivity index (χ2v) is 12.1. The van der Waals surface area contributed by atoms with E-state index in [9.17, 15) is 19.5 Å². The predicted octanol–water partition coefficient (Wildman–Crippen LogP) is 2.51. The number of hydrogen-bond acceptors (Lipinski definition) is 5. The number of carbonyl (C=O) groups is 3. The third-order valence-electron chi connectivity index (χ3n) is 6.97. The molecule has 3 saturated heterocycles. The van der Waals surface area contributed by atoms with Crippen molar-refractivity contribution < 1.29 is 19.5 Å². The molecule has 10 heteroatoms. The molecule has 3 heterocycles. The Labute approximate surface area is 205 Å². The molecule has 0 aromatic heterocycles. The van der Waals surface area contributed by atoms with Crippen molar-refractivity contribution in [3.8, 4) is 0 Å². The van der Waals surface area contributed by atoms with Gasteiger partial charge in [-0.25, -0.2) is 0 Å². The largest absolute Gasteiger partial charge is 0.394 e. The number of alkyl halides is 1. The van der Waals surface area contributed by atoms with Crippen molar-refractivity contribution in [1.29, 1.82) is 0 Å². The average Bonchev–Trinajstić information content (AvgIpc) is 3.33. The zero-order valence-electron chi connectivity index (χ0n) is 18.0. The first-order valence-corrected chi connectivity index (χ1v) is 12.9. The lowest BCUT2D eigenvalue weighted by Crippen LogP contribution is -2.56. The van der Waals surface area contributed by atoms with E-state index in [2.05, 4.69) is 26.6 Å². The van der Waals surface area contributed by atoms with E-state index in [1.54, 1.807) is 48.0 Å². The molecule has 4 rings (SSSR count). The molecule has 2 bridgehead atoms. The molecule has 3 aliphatic heterocycles. The van der Waals surface area contributed by atoms with Crippen molar-refractivity contribution in [2.24, 2.45) is 17.8 Å². The molecule has 3 unspecified atom stereocenters. The third-order valence-corrected chi connectivity index (χ3v) is 10.5. The van der Waals surface area contributed by atoms with Gasteiger partial charge in [0.25, 0.3) is 0 Å². The minimum Gasteiger partial charge on any atom is -0.394 e. The van der Waals surface area contributed by atoms with E-state index >= 15 is 0 Å². The van der Waals surface area contributed by atoms with Crippen LogP contribution in [0.15, 0.2) is 24.3 Å². The SMILES string of the molecule is CNC(=O)[C@H]1[C@H]2C(=O)N([C@@H](CO)C(C)C)C(C(=O)Nc3ccccc3Cl)C23CC(Br)[C@@H]1S3. The van der Waals surface area contributed by atoms with E-state index < -0.39 is 28.7 Å². The van der Waals surface area contributed by atoms with Crippen LogP contribution in [0.4, 0.5) is 5.69 Å². The van der Waals surface area contributed by atoms with Crippen molar-refractivity contribution in [1.82, 2.24) is 10.2 Å². The highest BCUT2D eigenvalue weighted by atomic mass is 79.9. The number of anilines is 1. The van der Waals surface area contributed by atoms with Crippen molar-refractivity contribution >= 4 is 62.7 Å². The topological polar surface area (TPSA) is 98.7 Å². The Morgan fingerprint density at radius 3 is 2.62 bits per heavy atom. The maximum Gasteiger partial charge on any atom is 0.248 e. The molecule has 0 aliphatic carbocycles. The molecule has 3 amide bonds. The highest BCUT2D eigenvalue weighted by Gasteiger charge is 2.76. The molecule has 174 valence electrons. The van der Waals surface area contributed by atoms with Gasteiger partial charge >= 0.3 is 0 Å². The van der Waals surface area contributed by atoms with Crippen LogP contribution in [0.2, 0.25) is 5.02 Å². The number of thioether (sulfide) groups is 1. The van der Waals surface area contributed by atoms with Gasteiger partial charge in [0.1, 0.15) is 6.04 Å². The lowest BCUT2D eigenvalue weighted by atomic mass is 9.70. The van der Waals surface area contributed by atoms with E-state index in [1.807, 2.05) is 13.8 Å². The van der Waals surface area contributed by atoms with Crippen LogP contribution in [0.25, 0.3) is 0 Å². The number of carbonyl (C=O) groups excluding carboxylic acids is 3. The molecular weight excluding hydrogens is 518 g/mol. The highest BCUT2D eigenvalue weighted by Crippen LogP contribution is 2.68. The molecule has 3 aliphatic rings. The molecule has 0 saturated carbocycles. The van der Waals surface area contributed by atoms with E-state index in [0.29, 0.717) is 17.1 Å². The number of amides is 3. The molecule has 1 spiro atoms. The molecule has 7 atom stereocenters. The van der Waals surface area contributed by atoms with Crippen molar-refractivity contribution in [3.63, 3.8) is 0 Å². The smallest absolute Gasteiger partial charge is 0.248 e. The number of aliphatic hydroxyl groups is 1. The fraction of sp³-hybridized carbons (Fsp3) is 0.591. The number of likely N-dealkylation sites (tertiary alicyclic amines) is 1. The Bertz CT molecular complexity index is 950. The summed E-state index contributed by atoms with van der Waals surface area (Å²) in [5.74, 6) is -2.01. The number of rotatable bonds is 6. The monoisotopic (exact) mass is 543 g/mol. The summed E-state index contributed by atoms with van der Waals surface area (Å²) in [5.41, 5.74) is 0.465. The van der Waals surface area contributed by atoms with Gasteiger partial charge in [0, 0.05) is 17.1 Å². The van der Waals surface area contributed by atoms with Crippen LogP contribution < -0.4 is 10.6 Å². The molecule has 3 fully saturated rings. The van der Waals surface area contributed by atoms with Gasteiger partial charge in [-0.2, -0.15) is 0 Å². The van der Waals surface area contributed by atoms with E-state index in [4.69, 9.17) is 11.6 Å². The van der Waals surface area contributed by atoms with Crippen LogP contribution in [0, 0.1) is 17.8 Å². The first-order chi connectivity index (χ1) is 15.2. The van der Waals surface area contributed by atoms with Crippen LogP contribution >= 0.6 is 39.3 Å². The normalized spacial score (nSPS) is 34.0. The maximum atomic E-state index is 13.8. The van der Waals surface area contributed by atoms with Crippen molar-refractivity contribution in [2.45, 2.75) is 47.2 Å². The zero-order chi connectivity index (χ0) is 23.4. The number of hydrogen-bond donors (Lipinski definition) is 3. The average molecular weight is 545 g/mol. The molecule has 7 nitrogen and oxygen atoms in total. The van der Waals surface area contributed by atoms with Gasteiger partial charge in [0.15, 0.2) is 0 Å².